The van der Waals surface area contributed by atoms with E-state index in [1.54, 1.807) is 218 Å². The number of carbonyl (C=O) groups is 9. The molecule has 9 aromatic carbocycles. The van der Waals surface area contributed by atoms with Crippen LogP contribution in [0.15, 0.2) is 273 Å². The van der Waals surface area contributed by atoms with Gasteiger partial charge in [0.1, 0.15) is 0 Å². The predicted molar refractivity (Wildman–Crippen MR) is 302 cm³/mol. The number of esters is 4. The van der Waals surface area contributed by atoms with Crippen LogP contribution in [0.25, 0.3) is 0 Å². The maximum Gasteiger partial charge on any atom is 0.419 e. The van der Waals surface area contributed by atoms with Gasteiger partial charge in [0.2, 0.25) is 0 Å². The number of amides is 3. The lowest BCUT2D eigenvalue weighted by atomic mass is 10.2. The molecule has 0 fully saturated rings. The number of anilines is 4. The fraction of sp³-hybridized carbons (Fsp3) is 0. The third kappa shape index (κ3) is 23.7. The molecule has 0 aromatic heterocycles. The summed E-state index contributed by atoms with van der Waals surface area (Å²) in [4.78, 5) is 106. The van der Waals surface area contributed by atoms with Crippen molar-refractivity contribution in [2.45, 2.75) is 0 Å². The summed E-state index contributed by atoms with van der Waals surface area (Å²) >= 11 is 0. The Kier molecular flexibility index (Phi) is 25.7. The summed E-state index contributed by atoms with van der Waals surface area (Å²) < 4.78 is 18.1. The zero-order chi connectivity index (χ0) is 57.7. The summed E-state index contributed by atoms with van der Waals surface area (Å²) in [6, 6.07) is 77.8. The molecule has 0 radical (unpaired) electrons. The molecule has 0 spiro atoms. The molecule has 18 nitrogen and oxygen atoms in total. The molecule has 0 aliphatic heterocycles. The molecule has 4 N–H and O–H groups in total. The standard InChI is InChI=1S/3C14H11NO3.C13H11NO2.C8H6O3/c3*16-13(11-7-3-1-4-8-11)18-14(17)15-12-9-5-2-6-10-12;15-13(11-7-3-1-4-8-11)16-14-12-9-5-2-6-10-12;9-6-11-8(10)7-4-2-1-3-5-7/h3*1-10H,(H,15,17);1-10,14H;1-6H. The first kappa shape index (κ1) is 60.1. The first-order chi connectivity index (χ1) is 39.5. The lowest BCUT2D eigenvalue weighted by Crippen LogP contribution is -2.18. The van der Waals surface area contributed by atoms with Crippen LogP contribution < -0.4 is 21.4 Å². The van der Waals surface area contributed by atoms with E-state index < -0.39 is 48.1 Å². The van der Waals surface area contributed by atoms with E-state index in [2.05, 4.69) is 40.4 Å². The van der Waals surface area contributed by atoms with Crippen LogP contribution in [0.5, 0.6) is 0 Å². The highest BCUT2D eigenvalue weighted by molar-refractivity contribution is 6.02. The van der Waals surface area contributed by atoms with Crippen LogP contribution in [-0.4, -0.2) is 54.6 Å². The van der Waals surface area contributed by atoms with Gasteiger partial charge in [0, 0.05) is 17.1 Å². The van der Waals surface area contributed by atoms with Crippen molar-refractivity contribution in [2.75, 3.05) is 21.4 Å². The van der Waals surface area contributed by atoms with Crippen molar-refractivity contribution in [3.05, 3.63) is 301 Å². The summed E-state index contributed by atoms with van der Waals surface area (Å²) in [5.41, 5.74) is 6.95. The average molecular weight is 1090 g/mol. The van der Waals surface area contributed by atoms with E-state index >= 15 is 0 Å². The highest BCUT2D eigenvalue weighted by atomic mass is 16.7. The van der Waals surface area contributed by atoms with Crippen molar-refractivity contribution in [1.82, 2.24) is 0 Å². The van der Waals surface area contributed by atoms with E-state index in [1.807, 2.05) is 54.6 Å². The molecule has 3 amide bonds. The number of rotatable bonds is 11. The van der Waals surface area contributed by atoms with Gasteiger partial charge in [-0.2, -0.15) is 0 Å². The number of ether oxygens (including phenoxy) is 4. The predicted octanol–water partition coefficient (Wildman–Crippen LogP) is 13.1. The molecule has 0 saturated heterocycles. The van der Waals surface area contributed by atoms with Crippen molar-refractivity contribution >= 4 is 77.3 Å². The van der Waals surface area contributed by atoms with Gasteiger partial charge in [-0.05, 0) is 109 Å². The van der Waals surface area contributed by atoms with Crippen molar-refractivity contribution in [1.29, 1.82) is 0 Å². The lowest BCUT2D eigenvalue weighted by Gasteiger charge is -2.05. The quantitative estimate of drug-likeness (QED) is 0.0309. The van der Waals surface area contributed by atoms with Crippen molar-refractivity contribution < 1.29 is 66.9 Å². The van der Waals surface area contributed by atoms with Crippen LogP contribution in [0.3, 0.4) is 0 Å². The van der Waals surface area contributed by atoms with Crippen LogP contribution in [0.4, 0.5) is 37.1 Å². The molecule has 81 heavy (non-hydrogen) atoms. The molecule has 0 unspecified atom stereocenters. The average Bonchev–Trinajstić information content (AvgIpc) is 3.51. The molecule has 9 aromatic rings. The topological polar surface area (TPSA) is 248 Å². The van der Waals surface area contributed by atoms with Crippen molar-refractivity contribution in [3.63, 3.8) is 0 Å². The lowest BCUT2D eigenvalue weighted by molar-refractivity contribution is -0.123. The minimum atomic E-state index is -0.796. The van der Waals surface area contributed by atoms with Gasteiger partial charge in [-0.1, -0.05) is 164 Å². The molecule has 406 valence electrons. The Labute approximate surface area is 464 Å². The second kappa shape index (κ2) is 34.7. The Morgan fingerprint density at radius 2 is 0.469 bits per heavy atom. The fourth-order valence-electron chi connectivity index (χ4n) is 6.08. The second-order valence-electron chi connectivity index (χ2n) is 15.7. The SMILES string of the molecule is O=C(Nc1ccccc1)OC(=O)c1ccccc1.O=C(Nc1ccccc1)OC(=O)c1ccccc1.O=C(Nc1ccccc1)OC(=O)c1ccccc1.O=C(ONc1ccccc1)c1ccccc1.O=COC(=O)c1ccccc1. The Morgan fingerprint density at radius 1 is 0.259 bits per heavy atom. The van der Waals surface area contributed by atoms with Crippen LogP contribution in [0.1, 0.15) is 51.8 Å². The number of hydrogen-bond donors (Lipinski definition) is 4. The summed E-state index contributed by atoms with van der Waals surface area (Å²) in [5, 5.41) is 7.38. The number of nitrogens with one attached hydrogen (secondary N) is 4. The smallest absolute Gasteiger partial charge is 0.392 e. The van der Waals surface area contributed by atoms with E-state index in [1.165, 1.54) is 0 Å². The van der Waals surface area contributed by atoms with Gasteiger partial charge in [0.05, 0.1) is 33.5 Å². The van der Waals surface area contributed by atoms with Gasteiger partial charge in [-0.3, -0.25) is 20.7 Å². The van der Waals surface area contributed by atoms with Gasteiger partial charge < -0.3 is 23.8 Å². The molecule has 0 aliphatic carbocycles. The molecule has 0 heterocycles. The summed E-state index contributed by atoms with van der Waals surface area (Å²) in [7, 11) is 0. The number of hydrogen-bond acceptors (Lipinski definition) is 15. The Hall–Kier alpha value is -11.8. The van der Waals surface area contributed by atoms with Crippen LogP contribution in [-0.2, 0) is 28.6 Å². The van der Waals surface area contributed by atoms with Gasteiger partial charge in [0.25, 0.3) is 0 Å². The minimum absolute atomic E-state index is 0.120. The summed E-state index contributed by atoms with van der Waals surface area (Å²) in [5.74, 6) is -3.05. The van der Waals surface area contributed by atoms with Gasteiger partial charge >= 0.3 is 54.6 Å². The molecule has 0 saturated carbocycles. The maximum atomic E-state index is 11.6. The second-order valence-corrected chi connectivity index (χ2v) is 15.7. The molecular weight excluding hydrogens is 1040 g/mol. The number of carbonyl (C=O) groups excluding carboxylic acids is 9. The molecule has 0 bridgehead atoms. The first-order valence-electron chi connectivity index (χ1n) is 24.1. The van der Waals surface area contributed by atoms with Gasteiger partial charge in [-0.15, -0.1) is 0 Å². The molecule has 9 rings (SSSR count). The van der Waals surface area contributed by atoms with Gasteiger partial charge in [0.15, 0.2) is 0 Å². The Morgan fingerprint density at radius 3 is 0.716 bits per heavy atom. The highest BCUT2D eigenvalue weighted by Crippen LogP contribution is 2.12. The first-order valence-corrected chi connectivity index (χ1v) is 24.1. The Bertz CT molecular complexity index is 3120. The van der Waals surface area contributed by atoms with Crippen molar-refractivity contribution in [2.24, 2.45) is 0 Å². The number of benzene rings is 9. The Balaban J connectivity index is 0.000000187. The molecule has 18 heteroatoms. The molecular formula is C63H50N4O14. The maximum absolute atomic E-state index is 11.6. The highest BCUT2D eigenvalue weighted by Gasteiger charge is 2.15. The fourth-order valence-corrected chi connectivity index (χ4v) is 6.08. The van der Waals surface area contributed by atoms with E-state index in [0.717, 1.165) is 5.69 Å². The molecule has 0 atom stereocenters. The normalized spacial score (nSPS) is 9.43. The van der Waals surface area contributed by atoms with Crippen molar-refractivity contribution in [3.8, 4) is 0 Å². The van der Waals surface area contributed by atoms with Crippen LogP contribution >= 0.6 is 0 Å². The van der Waals surface area contributed by atoms with Gasteiger partial charge in [-0.25, -0.2) is 43.8 Å². The molecule has 0 aliphatic rings. The third-order valence-corrected chi connectivity index (χ3v) is 9.85. The van der Waals surface area contributed by atoms with E-state index in [0.29, 0.717) is 44.9 Å². The summed E-state index contributed by atoms with van der Waals surface area (Å²) in [6.07, 6.45) is -2.39. The third-order valence-electron chi connectivity index (χ3n) is 9.85. The largest absolute Gasteiger partial charge is 0.419 e. The number of para-hydroxylation sites is 4. The zero-order valence-electron chi connectivity index (χ0n) is 42.8. The van der Waals surface area contributed by atoms with Crippen LogP contribution in [0.2, 0.25) is 0 Å². The zero-order valence-corrected chi connectivity index (χ0v) is 42.8. The summed E-state index contributed by atoms with van der Waals surface area (Å²) in [6.45, 7) is 0.120. The van der Waals surface area contributed by atoms with E-state index in [4.69, 9.17) is 4.84 Å². The van der Waals surface area contributed by atoms with Crippen LogP contribution in [0, 0.1) is 0 Å². The monoisotopic (exact) mass is 1090 g/mol. The van der Waals surface area contributed by atoms with E-state index in [9.17, 15) is 43.2 Å². The minimum Gasteiger partial charge on any atom is -0.392 e. The van der Waals surface area contributed by atoms with E-state index in [-0.39, 0.29) is 6.47 Å².